The van der Waals surface area contributed by atoms with Crippen LogP contribution >= 0.6 is 0 Å². The number of phenolic OH excluding ortho intramolecular Hbond substituents is 1. The molecule has 0 aliphatic heterocycles. The number of rotatable bonds is 2. The van der Waals surface area contributed by atoms with Crippen LogP contribution in [0.1, 0.15) is 5.56 Å². The van der Waals surface area contributed by atoms with E-state index in [-0.39, 0.29) is 11.4 Å². The van der Waals surface area contributed by atoms with Gasteiger partial charge in [-0.15, -0.1) is 0 Å². The van der Waals surface area contributed by atoms with Crippen molar-refractivity contribution in [2.45, 2.75) is 0 Å². The number of nitrogens with zero attached hydrogens (tertiary/aromatic N) is 3. The zero-order valence-electron chi connectivity index (χ0n) is 14.0. The molecule has 3 aromatic carbocycles. The third-order valence-electron chi connectivity index (χ3n) is 4.55. The number of fused-ring (bicyclic) bond motifs is 2. The van der Waals surface area contributed by atoms with Crippen molar-refractivity contribution in [1.29, 1.82) is 0 Å². The molecule has 0 radical (unpaired) electrons. The molecule has 5 nitrogen and oxygen atoms in total. The predicted octanol–water partition coefficient (Wildman–Crippen LogP) is 3.49. The Kier molecular flexibility index (Phi) is 3.42. The Morgan fingerprint density at radius 3 is 2.56 bits per heavy atom. The highest BCUT2D eigenvalue weighted by Crippen LogP contribution is 2.27. The molecular formula is C20H17N3O2. The Morgan fingerprint density at radius 2 is 1.72 bits per heavy atom. The highest BCUT2D eigenvalue weighted by atomic mass is 16.3. The number of aryl methyl sites for hydroxylation is 2. The molecule has 0 atom stereocenters. The van der Waals surface area contributed by atoms with Crippen molar-refractivity contribution in [2.24, 2.45) is 19.1 Å². The Balaban J connectivity index is 1.83. The van der Waals surface area contributed by atoms with Gasteiger partial charge in [0.05, 0.1) is 16.7 Å². The van der Waals surface area contributed by atoms with Crippen molar-refractivity contribution in [2.75, 3.05) is 0 Å². The van der Waals surface area contributed by atoms with E-state index < -0.39 is 0 Å². The fourth-order valence-corrected chi connectivity index (χ4v) is 3.13. The van der Waals surface area contributed by atoms with Gasteiger partial charge >= 0.3 is 5.69 Å². The van der Waals surface area contributed by atoms with Crippen molar-refractivity contribution in [3.8, 4) is 5.75 Å². The van der Waals surface area contributed by atoms with E-state index in [1.807, 2.05) is 48.5 Å². The molecule has 124 valence electrons. The first-order valence-corrected chi connectivity index (χ1v) is 7.96. The number of benzene rings is 3. The summed E-state index contributed by atoms with van der Waals surface area (Å²) < 4.78 is 3.21. The number of aromatic nitrogens is 2. The van der Waals surface area contributed by atoms with E-state index in [4.69, 9.17) is 0 Å². The average molecular weight is 331 g/mol. The minimum absolute atomic E-state index is 0.0668. The topological polar surface area (TPSA) is 59.5 Å². The van der Waals surface area contributed by atoms with Gasteiger partial charge < -0.3 is 5.11 Å². The summed E-state index contributed by atoms with van der Waals surface area (Å²) in [5.41, 5.74) is 3.02. The van der Waals surface area contributed by atoms with E-state index in [1.165, 1.54) is 0 Å². The van der Waals surface area contributed by atoms with Crippen LogP contribution in [0.5, 0.6) is 5.75 Å². The highest BCUT2D eigenvalue weighted by Gasteiger charge is 2.08. The van der Waals surface area contributed by atoms with E-state index in [0.29, 0.717) is 5.56 Å². The Hall–Kier alpha value is -3.34. The molecule has 0 saturated heterocycles. The smallest absolute Gasteiger partial charge is 0.328 e. The molecule has 1 heterocycles. The van der Waals surface area contributed by atoms with Crippen LogP contribution < -0.4 is 5.69 Å². The number of hydrogen-bond acceptors (Lipinski definition) is 3. The van der Waals surface area contributed by atoms with Gasteiger partial charge in [-0.25, -0.2) is 4.79 Å². The normalized spacial score (nSPS) is 11.8. The first kappa shape index (κ1) is 15.2. The van der Waals surface area contributed by atoms with Crippen LogP contribution in [0.25, 0.3) is 21.8 Å². The van der Waals surface area contributed by atoms with E-state index >= 15 is 0 Å². The van der Waals surface area contributed by atoms with Gasteiger partial charge in [0, 0.05) is 25.9 Å². The van der Waals surface area contributed by atoms with Crippen molar-refractivity contribution in [1.82, 2.24) is 9.13 Å². The molecule has 4 aromatic rings. The second-order valence-electron chi connectivity index (χ2n) is 6.05. The fourth-order valence-electron chi connectivity index (χ4n) is 3.13. The van der Waals surface area contributed by atoms with Gasteiger partial charge in [0.25, 0.3) is 0 Å². The summed E-state index contributed by atoms with van der Waals surface area (Å²) in [6, 6.07) is 17.0. The molecule has 0 amide bonds. The Bertz CT molecular complexity index is 1200. The third-order valence-corrected chi connectivity index (χ3v) is 4.55. The summed E-state index contributed by atoms with van der Waals surface area (Å²) >= 11 is 0. The van der Waals surface area contributed by atoms with E-state index in [0.717, 1.165) is 27.5 Å². The summed E-state index contributed by atoms with van der Waals surface area (Å²) in [6.07, 6.45) is 1.67. The number of imidazole rings is 1. The van der Waals surface area contributed by atoms with Crippen LogP contribution in [-0.4, -0.2) is 20.5 Å². The molecule has 5 heteroatoms. The zero-order valence-corrected chi connectivity index (χ0v) is 14.0. The first-order valence-electron chi connectivity index (χ1n) is 7.96. The van der Waals surface area contributed by atoms with Crippen molar-refractivity contribution >= 4 is 33.7 Å². The van der Waals surface area contributed by atoms with Gasteiger partial charge in [-0.2, -0.15) is 0 Å². The summed E-state index contributed by atoms with van der Waals surface area (Å²) in [5.74, 6) is 0.190. The number of phenols is 1. The SMILES string of the molecule is Cn1c(=O)n(C)c2cc(N=Cc3c(O)ccc4ccccc34)ccc21. The standard InChI is InChI=1S/C20H17N3O2/c1-22-17-9-8-14(11-18(17)23(2)20(22)25)21-12-16-15-6-4-3-5-13(15)7-10-19(16)24/h3-12,24H,1-2H3. The second-order valence-corrected chi connectivity index (χ2v) is 6.05. The van der Waals surface area contributed by atoms with Crippen LogP contribution in [0, 0.1) is 0 Å². The summed E-state index contributed by atoms with van der Waals surface area (Å²) in [5, 5.41) is 12.2. The molecule has 1 N–H and O–H groups in total. The van der Waals surface area contributed by atoms with Crippen LogP contribution in [0.4, 0.5) is 5.69 Å². The number of hydrogen-bond donors (Lipinski definition) is 1. The molecule has 0 saturated carbocycles. The highest BCUT2D eigenvalue weighted by molar-refractivity contribution is 6.03. The fraction of sp³-hybridized carbons (Fsp3) is 0.100. The van der Waals surface area contributed by atoms with E-state index in [1.54, 1.807) is 35.5 Å². The average Bonchev–Trinajstić information content (AvgIpc) is 2.85. The summed E-state index contributed by atoms with van der Waals surface area (Å²) in [4.78, 5) is 16.5. The van der Waals surface area contributed by atoms with Gasteiger partial charge in [0.1, 0.15) is 5.75 Å². The van der Waals surface area contributed by atoms with Crippen LogP contribution in [-0.2, 0) is 14.1 Å². The van der Waals surface area contributed by atoms with Gasteiger partial charge in [-0.05, 0) is 35.0 Å². The van der Waals surface area contributed by atoms with Crippen molar-refractivity contribution in [3.05, 3.63) is 70.6 Å². The maximum atomic E-state index is 12.0. The Labute approximate surface area is 144 Å². The summed E-state index contributed by atoms with van der Waals surface area (Å²) in [6.45, 7) is 0. The first-order chi connectivity index (χ1) is 12.1. The number of aliphatic imine (C=N–C) groups is 1. The molecule has 0 aliphatic carbocycles. The van der Waals surface area contributed by atoms with Gasteiger partial charge in [-0.1, -0.05) is 30.3 Å². The lowest BCUT2D eigenvalue weighted by Crippen LogP contribution is -2.19. The van der Waals surface area contributed by atoms with Gasteiger partial charge in [0.2, 0.25) is 0 Å². The quantitative estimate of drug-likeness (QED) is 0.572. The molecule has 1 aromatic heterocycles. The van der Waals surface area contributed by atoms with Gasteiger partial charge in [0.15, 0.2) is 0 Å². The largest absolute Gasteiger partial charge is 0.507 e. The van der Waals surface area contributed by atoms with Gasteiger partial charge in [-0.3, -0.25) is 14.1 Å². The zero-order chi connectivity index (χ0) is 17.6. The van der Waals surface area contributed by atoms with Crippen molar-refractivity contribution < 1.29 is 5.11 Å². The lowest BCUT2D eigenvalue weighted by Gasteiger charge is -2.04. The van der Waals surface area contributed by atoms with Crippen LogP contribution in [0.15, 0.2) is 64.4 Å². The summed E-state index contributed by atoms with van der Waals surface area (Å²) in [7, 11) is 3.50. The number of aromatic hydroxyl groups is 1. The molecular weight excluding hydrogens is 314 g/mol. The molecule has 25 heavy (non-hydrogen) atoms. The maximum absolute atomic E-state index is 12.0. The van der Waals surface area contributed by atoms with E-state index in [2.05, 4.69) is 4.99 Å². The van der Waals surface area contributed by atoms with Crippen molar-refractivity contribution in [3.63, 3.8) is 0 Å². The predicted molar refractivity (Wildman–Crippen MR) is 101 cm³/mol. The molecule has 0 spiro atoms. The molecule has 0 unspecified atom stereocenters. The minimum Gasteiger partial charge on any atom is -0.507 e. The molecule has 4 rings (SSSR count). The molecule has 0 aliphatic rings. The van der Waals surface area contributed by atoms with E-state index in [9.17, 15) is 9.90 Å². The monoisotopic (exact) mass is 331 g/mol. The molecule has 0 fully saturated rings. The maximum Gasteiger partial charge on any atom is 0.328 e. The Morgan fingerprint density at radius 1 is 0.960 bits per heavy atom. The lowest BCUT2D eigenvalue weighted by atomic mass is 10.0. The molecule has 0 bridgehead atoms. The second kappa shape index (κ2) is 5.63. The van der Waals surface area contributed by atoms with Crippen LogP contribution in [0.2, 0.25) is 0 Å². The minimum atomic E-state index is -0.0668. The lowest BCUT2D eigenvalue weighted by molar-refractivity contribution is 0.475. The third kappa shape index (κ3) is 2.41. The van der Waals surface area contributed by atoms with Crippen LogP contribution in [0.3, 0.4) is 0 Å².